The Balaban J connectivity index is 4.19. The number of esters is 1. The van der Waals surface area contributed by atoms with Crippen LogP contribution in [0.5, 0.6) is 0 Å². The molecule has 0 spiro atoms. The van der Waals surface area contributed by atoms with Crippen LogP contribution in [0.3, 0.4) is 0 Å². The topological polar surface area (TPSA) is 46.5 Å². The van der Waals surface area contributed by atoms with Gasteiger partial charge in [0.05, 0.1) is 11.7 Å². The van der Waals surface area contributed by atoms with Gasteiger partial charge in [0.25, 0.3) is 0 Å². The van der Waals surface area contributed by atoms with Crippen LogP contribution >= 0.6 is 0 Å². The van der Waals surface area contributed by atoms with Crippen molar-refractivity contribution in [1.82, 2.24) is 0 Å². The van der Waals surface area contributed by atoms with E-state index in [9.17, 15) is 9.90 Å². The molecule has 0 aromatic rings. The van der Waals surface area contributed by atoms with E-state index in [1.807, 2.05) is 6.92 Å². The van der Waals surface area contributed by atoms with Crippen molar-refractivity contribution < 1.29 is 14.6 Å². The second-order valence-electron chi connectivity index (χ2n) is 4.33. The van der Waals surface area contributed by atoms with Gasteiger partial charge < -0.3 is 9.84 Å². The number of carbonyl (C=O) groups is 1. The molecule has 0 amide bonds. The largest absolute Gasteiger partial charge is 0.457 e. The fourth-order valence-corrected chi connectivity index (χ4v) is 0.927. The maximum absolute atomic E-state index is 11.4. The minimum atomic E-state index is -0.783. The molecule has 0 aliphatic carbocycles. The first-order valence-electron chi connectivity index (χ1n) is 4.88. The molecule has 0 aliphatic heterocycles. The molecule has 1 N–H and O–H groups in total. The average Bonchev–Trinajstić information content (AvgIpc) is 2.00. The maximum Gasteiger partial charge on any atom is 0.336 e. The molecule has 0 radical (unpaired) electrons. The molecule has 0 aromatic heterocycles. The van der Waals surface area contributed by atoms with Crippen LogP contribution in [0.1, 0.15) is 40.5 Å². The minimum absolute atomic E-state index is 0.141. The third-order valence-corrected chi connectivity index (χ3v) is 1.63. The Bertz CT molecular complexity index is 213. The molecule has 3 heteroatoms. The standard InChI is InChI=1S/C11H20O3/c1-6-7-9(12)8(2)10(13)14-11(3,4)5/h9,12H,2,6-7H2,1,3-5H3. The Morgan fingerprint density at radius 3 is 2.36 bits per heavy atom. The quantitative estimate of drug-likeness (QED) is 0.558. The van der Waals surface area contributed by atoms with Crippen LogP contribution in [0, 0.1) is 0 Å². The molecule has 14 heavy (non-hydrogen) atoms. The number of aliphatic hydroxyl groups is 1. The van der Waals surface area contributed by atoms with E-state index < -0.39 is 17.7 Å². The van der Waals surface area contributed by atoms with Crippen LogP contribution in [-0.2, 0) is 9.53 Å². The Morgan fingerprint density at radius 2 is 2.00 bits per heavy atom. The SMILES string of the molecule is C=C(C(=O)OC(C)(C)C)C(O)CCC. The van der Waals surface area contributed by atoms with Crippen LogP contribution in [0.2, 0.25) is 0 Å². The number of hydrogen-bond donors (Lipinski definition) is 1. The van der Waals surface area contributed by atoms with Crippen molar-refractivity contribution in [2.24, 2.45) is 0 Å². The van der Waals surface area contributed by atoms with Crippen molar-refractivity contribution in [3.8, 4) is 0 Å². The first kappa shape index (κ1) is 13.2. The fraction of sp³-hybridized carbons (Fsp3) is 0.727. The molecule has 0 rings (SSSR count). The fourth-order valence-electron chi connectivity index (χ4n) is 0.927. The molecule has 0 aliphatic rings. The lowest BCUT2D eigenvalue weighted by Gasteiger charge is -2.21. The monoisotopic (exact) mass is 200 g/mol. The molecule has 0 heterocycles. The molecule has 3 nitrogen and oxygen atoms in total. The Labute approximate surface area is 85.8 Å². The first-order chi connectivity index (χ1) is 6.28. The van der Waals surface area contributed by atoms with Crippen LogP contribution in [0.15, 0.2) is 12.2 Å². The van der Waals surface area contributed by atoms with Gasteiger partial charge in [-0.15, -0.1) is 0 Å². The summed E-state index contributed by atoms with van der Waals surface area (Å²) in [5.74, 6) is -0.515. The molecule has 0 aromatic carbocycles. The van der Waals surface area contributed by atoms with Crippen molar-refractivity contribution in [2.75, 3.05) is 0 Å². The molecule has 0 fully saturated rings. The van der Waals surface area contributed by atoms with E-state index in [2.05, 4.69) is 6.58 Å². The molecule has 0 bridgehead atoms. The molecule has 0 saturated carbocycles. The summed E-state index contributed by atoms with van der Waals surface area (Å²) in [6.45, 7) is 10.8. The predicted octanol–water partition coefficient (Wildman–Crippen LogP) is 2.05. The van der Waals surface area contributed by atoms with Crippen LogP contribution in [-0.4, -0.2) is 22.8 Å². The summed E-state index contributed by atoms with van der Waals surface area (Å²) in [4.78, 5) is 11.4. The van der Waals surface area contributed by atoms with Gasteiger partial charge in [-0.3, -0.25) is 0 Å². The van der Waals surface area contributed by atoms with Gasteiger partial charge >= 0.3 is 5.97 Å². The molecular formula is C11H20O3. The molecule has 1 atom stereocenters. The number of carbonyl (C=O) groups excluding carboxylic acids is 1. The predicted molar refractivity (Wildman–Crippen MR) is 55.9 cm³/mol. The van der Waals surface area contributed by atoms with E-state index in [1.165, 1.54) is 0 Å². The minimum Gasteiger partial charge on any atom is -0.457 e. The molecular weight excluding hydrogens is 180 g/mol. The van der Waals surface area contributed by atoms with Crippen molar-refractivity contribution in [2.45, 2.75) is 52.2 Å². The van der Waals surface area contributed by atoms with E-state index in [4.69, 9.17) is 4.74 Å². The van der Waals surface area contributed by atoms with E-state index in [0.29, 0.717) is 6.42 Å². The van der Waals surface area contributed by atoms with Crippen molar-refractivity contribution in [1.29, 1.82) is 0 Å². The lowest BCUT2D eigenvalue weighted by molar-refractivity contribution is -0.151. The number of hydrogen-bond acceptors (Lipinski definition) is 3. The highest BCUT2D eigenvalue weighted by molar-refractivity contribution is 5.89. The van der Waals surface area contributed by atoms with Gasteiger partial charge in [-0.25, -0.2) is 4.79 Å². The number of aliphatic hydroxyl groups excluding tert-OH is 1. The Morgan fingerprint density at radius 1 is 1.50 bits per heavy atom. The summed E-state index contributed by atoms with van der Waals surface area (Å²) >= 11 is 0. The average molecular weight is 200 g/mol. The highest BCUT2D eigenvalue weighted by Gasteiger charge is 2.22. The summed E-state index contributed by atoms with van der Waals surface area (Å²) in [5, 5.41) is 9.48. The van der Waals surface area contributed by atoms with Gasteiger partial charge in [0.1, 0.15) is 5.60 Å². The zero-order valence-electron chi connectivity index (χ0n) is 9.46. The maximum atomic E-state index is 11.4. The zero-order valence-corrected chi connectivity index (χ0v) is 9.46. The van der Waals surface area contributed by atoms with E-state index in [0.717, 1.165) is 6.42 Å². The van der Waals surface area contributed by atoms with E-state index >= 15 is 0 Å². The second kappa shape index (κ2) is 5.15. The lowest BCUT2D eigenvalue weighted by Crippen LogP contribution is -2.28. The first-order valence-corrected chi connectivity index (χ1v) is 4.88. The van der Waals surface area contributed by atoms with Gasteiger partial charge in [0.15, 0.2) is 0 Å². The molecule has 82 valence electrons. The summed E-state index contributed by atoms with van der Waals surface area (Å²) in [7, 11) is 0. The van der Waals surface area contributed by atoms with Gasteiger partial charge in [-0.2, -0.15) is 0 Å². The second-order valence-corrected chi connectivity index (χ2v) is 4.33. The van der Waals surface area contributed by atoms with E-state index in [-0.39, 0.29) is 5.57 Å². The van der Waals surface area contributed by atoms with Gasteiger partial charge in [0, 0.05) is 0 Å². The van der Waals surface area contributed by atoms with Crippen molar-refractivity contribution in [3.63, 3.8) is 0 Å². The van der Waals surface area contributed by atoms with Gasteiger partial charge in [-0.05, 0) is 27.2 Å². The highest BCUT2D eigenvalue weighted by atomic mass is 16.6. The number of ether oxygens (including phenoxy) is 1. The Hall–Kier alpha value is -0.830. The zero-order chi connectivity index (χ0) is 11.4. The van der Waals surface area contributed by atoms with Crippen molar-refractivity contribution >= 4 is 5.97 Å². The van der Waals surface area contributed by atoms with Gasteiger partial charge in [-0.1, -0.05) is 19.9 Å². The van der Waals surface area contributed by atoms with Crippen molar-refractivity contribution in [3.05, 3.63) is 12.2 Å². The van der Waals surface area contributed by atoms with Crippen LogP contribution in [0.25, 0.3) is 0 Å². The molecule has 1 unspecified atom stereocenters. The van der Waals surface area contributed by atoms with Gasteiger partial charge in [0.2, 0.25) is 0 Å². The summed E-state index contributed by atoms with van der Waals surface area (Å²) in [6.07, 6.45) is 0.566. The summed E-state index contributed by atoms with van der Waals surface area (Å²) in [5.41, 5.74) is -0.395. The van der Waals surface area contributed by atoms with Crippen LogP contribution < -0.4 is 0 Å². The smallest absolute Gasteiger partial charge is 0.336 e. The third-order valence-electron chi connectivity index (χ3n) is 1.63. The lowest BCUT2D eigenvalue weighted by atomic mass is 10.1. The molecule has 0 saturated heterocycles. The Kier molecular flexibility index (Phi) is 4.85. The van der Waals surface area contributed by atoms with Crippen LogP contribution in [0.4, 0.5) is 0 Å². The summed E-state index contributed by atoms with van der Waals surface area (Å²) in [6, 6.07) is 0. The van der Waals surface area contributed by atoms with E-state index in [1.54, 1.807) is 20.8 Å². The highest BCUT2D eigenvalue weighted by Crippen LogP contribution is 2.14. The third kappa shape index (κ3) is 5.02. The number of rotatable bonds is 4. The summed E-state index contributed by atoms with van der Waals surface area (Å²) < 4.78 is 5.07. The normalized spacial score (nSPS) is 13.5.